The van der Waals surface area contributed by atoms with E-state index in [0.29, 0.717) is 31.0 Å². The first kappa shape index (κ1) is 17.0. The van der Waals surface area contributed by atoms with Crippen LogP contribution in [0.2, 0.25) is 0 Å². The van der Waals surface area contributed by atoms with E-state index in [-0.39, 0.29) is 13.2 Å². The molecule has 0 saturated carbocycles. The van der Waals surface area contributed by atoms with E-state index in [9.17, 15) is 4.79 Å². The molecule has 0 aliphatic carbocycles. The van der Waals surface area contributed by atoms with Crippen molar-refractivity contribution >= 4 is 12.0 Å². The molecule has 5 heteroatoms. The van der Waals surface area contributed by atoms with Crippen molar-refractivity contribution in [3.05, 3.63) is 59.7 Å². The zero-order valence-electron chi connectivity index (χ0n) is 12.9. The summed E-state index contributed by atoms with van der Waals surface area (Å²) in [4.78, 5) is 13.0. The highest BCUT2D eigenvalue weighted by atomic mass is 16.5. The number of anilines is 1. The Balaban J connectivity index is 2.19. The average molecular weight is 315 g/mol. The number of aliphatic hydroxyl groups excluding tert-OH is 2. The SMILES string of the molecule is O=Cc1ccc(N(CCO)CCO)cc1OCc1ccccc1. The lowest BCUT2D eigenvalue weighted by atomic mass is 10.1. The first-order valence-corrected chi connectivity index (χ1v) is 7.51. The van der Waals surface area contributed by atoms with Gasteiger partial charge in [-0.05, 0) is 17.7 Å². The van der Waals surface area contributed by atoms with Gasteiger partial charge in [0.05, 0.1) is 18.8 Å². The number of carbonyl (C=O) groups excluding carboxylic acids is 1. The van der Waals surface area contributed by atoms with Crippen LogP contribution in [-0.2, 0) is 6.61 Å². The molecule has 0 aromatic heterocycles. The van der Waals surface area contributed by atoms with Crippen LogP contribution in [0.15, 0.2) is 48.5 Å². The number of hydrogen-bond acceptors (Lipinski definition) is 5. The van der Waals surface area contributed by atoms with Crippen molar-refractivity contribution < 1.29 is 19.7 Å². The third-order valence-corrected chi connectivity index (χ3v) is 3.47. The van der Waals surface area contributed by atoms with Crippen molar-refractivity contribution in [2.75, 3.05) is 31.2 Å². The molecule has 2 rings (SSSR count). The van der Waals surface area contributed by atoms with E-state index in [2.05, 4.69) is 0 Å². The molecule has 0 saturated heterocycles. The van der Waals surface area contributed by atoms with Crippen LogP contribution in [0, 0.1) is 0 Å². The Labute approximate surface area is 135 Å². The van der Waals surface area contributed by atoms with Crippen molar-refractivity contribution in [3.8, 4) is 5.75 Å². The zero-order valence-corrected chi connectivity index (χ0v) is 12.9. The number of carbonyl (C=O) groups is 1. The minimum absolute atomic E-state index is 0.0182. The number of benzene rings is 2. The number of rotatable bonds is 9. The summed E-state index contributed by atoms with van der Waals surface area (Å²) in [6, 6.07) is 14.9. The van der Waals surface area contributed by atoms with Crippen LogP contribution in [0.3, 0.4) is 0 Å². The average Bonchev–Trinajstić information content (AvgIpc) is 2.60. The minimum atomic E-state index is -0.0182. The molecular formula is C18H21NO4. The summed E-state index contributed by atoms with van der Waals surface area (Å²) in [6.45, 7) is 1.13. The van der Waals surface area contributed by atoms with Crippen molar-refractivity contribution in [3.63, 3.8) is 0 Å². The quantitative estimate of drug-likeness (QED) is 0.691. The Morgan fingerprint density at radius 1 is 1.00 bits per heavy atom. The van der Waals surface area contributed by atoms with Crippen LogP contribution in [-0.4, -0.2) is 42.8 Å². The normalized spacial score (nSPS) is 10.3. The first-order valence-electron chi connectivity index (χ1n) is 7.51. The summed E-state index contributed by atoms with van der Waals surface area (Å²) in [5, 5.41) is 18.3. The van der Waals surface area contributed by atoms with Gasteiger partial charge >= 0.3 is 0 Å². The largest absolute Gasteiger partial charge is 0.488 e. The van der Waals surface area contributed by atoms with Crippen LogP contribution < -0.4 is 9.64 Å². The summed E-state index contributed by atoms with van der Waals surface area (Å²) in [7, 11) is 0. The molecule has 0 atom stereocenters. The lowest BCUT2D eigenvalue weighted by Gasteiger charge is -2.24. The first-order chi connectivity index (χ1) is 11.3. The third kappa shape index (κ3) is 4.81. The molecule has 0 radical (unpaired) electrons. The molecule has 0 bridgehead atoms. The van der Waals surface area contributed by atoms with E-state index >= 15 is 0 Å². The molecule has 0 aliphatic heterocycles. The molecule has 122 valence electrons. The molecule has 2 N–H and O–H groups in total. The van der Waals surface area contributed by atoms with Gasteiger partial charge < -0.3 is 19.8 Å². The van der Waals surface area contributed by atoms with E-state index in [1.807, 2.05) is 35.2 Å². The summed E-state index contributed by atoms with van der Waals surface area (Å²) in [5.74, 6) is 0.488. The molecule has 2 aromatic rings. The van der Waals surface area contributed by atoms with E-state index in [1.165, 1.54) is 0 Å². The highest BCUT2D eigenvalue weighted by Crippen LogP contribution is 2.25. The highest BCUT2D eigenvalue weighted by molar-refractivity contribution is 5.80. The molecular weight excluding hydrogens is 294 g/mol. The van der Waals surface area contributed by atoms with Gasteiger partial charge in [-0.3, -0.25) is 4.79 Å². The second kappa shape index (κ2) is 8.92. The van der Waals surface area contributed by atoms with Gasteiger partial charge in [-0.25, -0.2) is 0 Å². The Morgan fingerprint density at radius 2 is 1.70 bits per heavy atom. The molecule has 0 spiro atoms. The molecule has 0 fully saturated rings. The fourth-order valence-corrected chi connectivity index (χ4v) is 2.29. The fraction of sp³-hybridized carbons (Fsp3) is 0.278. The lowest BCUT2D eigenvalue weighted by molar-refractivity contribution is 0.111. The van der Waals surface area contributed by atoms with Crippen LogP contribution >= 0.6 is 0 Å². The van der Waals surface area contributed by atoms with E-state index in [1.54, 1.807) is 18.2 Å². The number of aldehydes is 1. The lowest BCUT2D eigenvalue weighted by Crippen LogP contribution is -2.29. The second-order valence-corrected chi connectivity index (χ2v) is 5.05. The van der Waals surface area contributed by atoms with Crippen molar-refractivity contribution in [1.29, 1.82) is 0 Å². The molecule has 2 aromatic carbocycles. The monoisotopic (exact) mass is 315 g/mol. The molecule has 0 unspecified atom stereocenters. The summed E-state index contributed by atoms with van der Waals surface area (Å²) in [6.07, 6.45) is 0.756. The number of hydrogen-bond donors (Lipinski definition) is 2. The Morgan fingerprint density at radius 3 is 2.30 bits per heavy atom. The van der Waals surface area contributed by atoms with Crippen molar-refractivity contribution in [1.82, 2.24) is 0 Å². The fourth-order valence-electron chi connectivity index (χ4n) is 2.29. The Kier molecular flexibility index (Phi) is 6.59. The molecule has 5 nitrogen and oxygen atoms in total. The van der Waals surface area contributed by atoms with E-state index in [4.69, 9.17) is 14.9 Å². The van der Waals surface area contributed by atoms with Gasteiger partial charge in [0.1, 0.15) is 12.4 Å². The number of aliphatic hydroxyl groups is 2. The van der Waals surface area contributed by atoms with E-state index < -0.39 is 0 Å². The van der Waals surface area contributed by atoms with Crippen LogP contribution in [0.4, 0.5) is 5.69 Å². The van der Waals surface area contributed by atoms with E-state index in [0.717, 1.165) is 17.5 Å². The minimum Gasteiger partial charge on any atom is -0.488 e. The van der Waals surface area contributed by atoms with Gasteiger partial charge in [0.15, 0.2) is 6.29 Å². The van der Waals surface area contributed by atoms with Crippen LogP contribution in [0.25, 0.3) is 0 Å². The van der Waals surface area contributed by atoms with Gasteiger partial charge in [-0.2, -0.15) is 0 Å². The Bertz CT molecular complexity index is 610. The molecule has 23 heavy (non-hydrogen) atoms. The highest BCUT2D eigenvalue weighted by Gasteiger charge is 2.10. The maximum absolute atomic E-state index is 11.2. The van der Waals surface area contributed by atoms with Crippen LogP contribution in [0.5, 0.6) is 5.75 Å². The molecule has 0 amide bonds. The summed E-state index contributed by atoms with van der Waals surface area (Å²) >= 11 is 0. The maximum atomic E-state index is 11.2. The summed E-state index contributed by atoms with van der Waals surface area (Å²) in [5.41, 5.74) is 2.27. The number of nitrogens with zero attached hydrogens (tertiary/aromatic N) is 1. The van der Waals surface area contributed by atoms with Crippen molar-refractivity contribution in [2.24, 2.45) is 0 Å². The van der Waals surface area contributed by atoms with Gasteiger partial charge in [-0.1, -0.05) is 30.3 Å². The smallest absolute Gasteiger partial charge is 0.153 e. The zero-order chi connectivity index (χ0) is 16.5. The Hall–Kier alpha value is -2.37. The van der Waals surface area contributed by atoms with Gasteiger partial charge in [0, 0.05) is 24.8 Å². The summed E-state index contributed by atoms with van der Waals surface area (Å²) < 4.78 is 5.78. The third-order valence-electron chi connectivity index (χ3n) is 3.47. The van der Waals surface area contributed by atoms with Gasteiger partial charge in [0.2, 0.25) is 0 Å². The second-order valence-electron chi connectivity index (χ2n) is 5.05. The maximum Gasteiger partial charge on any atom is 0.153 e. The molecule has 0 heterocycles. The van der Waals surface area contributed by atoms with Crippen molar-refractivity contribution in [2.45, 2.75) is 6.61 Å². The number of ether oxygens (including phenoxy) is 1. The predicted molar refractivity (Wildman–Crippen MR) is 89.0 cm³/mol. The van der Waals surface area contributed by atoms with Gasteiger partial charge in [0.25, 0.3) is 0 Å². The molecule has 0 aliphatic rings. The van der Waals surface area contributed by atoms with Gasteiger partial charge in [-0.15, -0.1) is 0 Å². The van der Waals surface area contributed by atoms with Crippen LogP contribution in [0.1, 0.15) is 15.9 Å². The topological polar surface area (TPSA) is 70.0 Å². The predicted octanol–water partition coefficient (Wildman–Crippen LogP) is 1.87. The standard InChI is InChI=1S/C18H21NO4/c20-10-8-19(9-11-21)17-7-6-16(13-22)18(12-17)23-14-15-4-2-1-3-5-15/h1-7,12-13,20-21H,8-11,14H2.